The Hall–Kier alpha value is -2.37. The number of Topliss-reactive ketones (excluding diaryl/α,β-unsaturated/α-hetero) is 1. The number of nitrogens with one attached hydrogen (secondary N) is 2. The number of H-pyrrole nitrogens is 1. The van der Waals surface area contributed by atoms with Gasteiger partial charge in [-0.05, 0) is 31.2 Å². The van der Waals surface area contributed by atoms with Gasteiger partial charge in [-0.2, -0.15) is 5.10 Å². The normalized spacial score (nSPS) is 14.2. The maximum Gasteiger partial charge on any atom is 0.273 e. The Balaban J connectivity index is 1.85. The van der Waals surface area contributed by atoms with E-state index in [0.29, 0.717) is 29.4 Å². The van der Waals surface area contributed by atoms with Crippen molar-refractivity contribution in [2.75, 3.05) is 5.32 Å². The highest BCUT2D eigenvalue weighted by molar-refractivity contribution is 6.08. The molecule has 2 heterocycles. The average molecular weight is 314 g/mol. The van der Waals surface area contributed by atoms with Crippen LogP contribution >= 0.6 is 0 Å². The van der Waals surface area contributed by atoms with Gasteiger partial charge in [-0.1, -0.05) is 13.8 Å². The number of aromatic nitrogens is 3. The molecule has 2 aromatic heterocycles. The van der Waals surface area contributed by atoms with E-state index in [1.54, 1.807) is 16.9 Å². The van der Waals surface area contributed by atoms with Crippen LogP contribution in [0.5, 0.6) is 0 Å². The number of aryl methyl sites for hydroxylation is 1. The lowest BCUT2D eigenvalue weighted by Crippen LogP contribution is -2.18. The topological polar surface area (TPSA) is 79.8 Å². The molecule has 1 aliphatic carbocycles. The fraction of sp³-hybridized carbons (Fsp3) is 0.471. The summed E-state index contributed by atoms with van der Waals surface area (Å²) in [6.45, 7) is 6.77. The number of anilines is 1. The van der Waals surface area contributed by atoms with Crippen molar-refractivity contribution in [3.8, 4) is 0 Å². The van der Waals surface area contributed by atoms with Crippen LogP contribution in [-0.2, 0) is 13.0 Å². The number of hydrogen-bond acceptors (Lipinski definition) is 3. The lowest BCUT2D eigenvalue weighted by molar-refractivity contribution is 0.0971. The van der Waals surface area contributed by atoms with E-state index in [0.717, 1.165) is 30.6 Å². The van der Waals surface area contributed by atoms with Gasteiger partial charge >= 0.3 is 0 Å². The summed E-state index contributed by atoms with van der Waals surface area (Å²) in [4.78, 5) is 27.8. The SMILES string of the molecule is Cc1c(C(=O)Nc2ccnn2CC(C)C)[nH]c2c1C(=O)CCC2. The highest BCUT2D eigenvalue weighted by Gasteiger charge is 2.26. The van der Waals surface area contributed by atoms with Crippen LogP contribution in [0.1, 0.15) is 58.8 Å². The van der Waals surface area contributed by atoms with Crippen molar-refractivity contribution < 1.29 is 9.59 Å². The van der Waals surface area contributed by atoms with Gasteiger partial charge in [0.15, 0.2) is 5.78 Å². The van der Waals surface area contributed by atoms with Gasteiger partial charge in [0.25, 0.3) is 5.91 Å². The zero-order chi connectivity index (χ0) is 16.6. The number of fused-ring (bicyclic) bond motifs is 1. The number of carbonyl (C=O) groups excluding carboxylic acids is 2. The van der Waals surface area contributed by atoms with Crippen molar-refractivity contribution in [3.05, 3.63) is 34.8 Å². The van der Waals surface area contributed by atoms with Crippen molar-refractivity contribution in [1.82, 2.24) is 14.8 Å². The van der Waals surface area contributed by atoms with Gasteiger partial charge in [-0.3, -0.25) is 9.59 Å². The molecule has 1 amide bonds. The quantitative estimate of drug-likeness (QED) is 0.910. The zero-order valence-corrected chi connectivity index (χ0v) is 13.8. The molecule has 0 unspecified atom stereocenters. The third-order valence-electron chi connectivity index (χ3n) is 4.16. The lowest BCUT2D eigenvalue weighted by Gasteiger charge is -2.10. The summed E-state index contributed by atoms with van der Waals surface area (Å²) >= 11 is 0. The summed E-state index contributed by atoms with van der Waals surface area (Å²) in [6, 6.07) is 1.78. The Morgan fingerprint density at radius 2 is 2.22 bits per heavy atom. The van der Waals surface area contributed by atoms with E-state index in [-0.39, 0.29) is 11.7 Å². The van der Waals surface area contributed by atoms with Crippen LogP contribution in [0.3, 0.4) is 0 Å². The second-order valence-electron chi connectivity index (χ2n) is 6.50. The number of amides is 1. The van der Waals surface area contributed by atoms with Crippen LogP contribution in [0.25, 0.3) is 0 Å². The summed E-state index contributed by atoms with van der Waals surface area (Å²) in [5.74, 6) is 1.00. The summed E-state index contributed by atoms with van der Waals surface area (Å²) in [5.41, 5.74) is 2.82. The molecule has 2 aromatic rings. The Morgan fingerprint density at radius 3 is 2.91 bits per heavy atom. The first-order chi connectivity index (χ1) is 11.0. The largest absolute Gasteiger partial charge is 0.354 e. The lowest BCUT2D eigenvalue weighted by atomic mass is 9.94. The van der Waals surface area contributed by atoms with Crippen molar-refractivity contribution in [2.24, 2.45) is 5.92 Å². The second kappa shape index (κ2) is 6.02. The first-order valence-electron chi connectivity index (χ1n) is 8.05. The smallest absolute Gasteiger partial charge is 0.273 e. The van der Waals surface area contributed by atoms with Gasteiger partial charge in [-0.15, -0.1) is 0 Å². The number of nitrogens with zero attached hydrogens (tertiary/aromatic N) is 2. The first kappa shape index (κ1) is 15.5. The highest BCUT2D eigenvalue weighted by atomic mass is 16.2. The van der Waals surface area contributed by atoms with Crippen LogP contribution in [0, 0.1) is 12.8 Å². The number of hydrogen-bond donors (Lipinski definition) is 2. The monoisotopic (exact) mass is 314 g/mol. The van der Waals surface area contributed by atoms with Crippen LogP contribution in [-0.4, -0.2) is 26.5 Å². The minimum absolute atomic E-state index is 0.129. The molecule has 0 aliphatic heterocycles. The van der Waals surface area contributed by atoms with Crippen molar-refractivity contribution in [3.63, 3.8) is 0 Å². The maximum atomic E-state index is 12.6. The molecule has 0 aromatic carbocycles. The molecule has 0 atom stereocenters. The van der Waals surface area contributed by atoms with E-state index in [2.05, 4.69) is 29.2 Å². The number of carbonyl (C=O) groups is 2. The van der Waals surface area contributed by atoms with Gasteiger partial charge < -0.3 is 10.3 Å². The van der Waals surface area contributed by atoms with Crippen LogP contribution in [0.4, 0.5) is 5.82 Å². The highest BCUT2D eigenvalue weighted by Crippen LogP contribution is 2.27. The fourth-order valence-corrected chi connectivity index (χ4v) is 3.11. The molecule has 122 valence electrons. The van der Waals surface area contributed by atoms with E-state index < -0.39 is 0 Å². The molecule has 0 saturated carbocycles. The van der Waals surface area contributed by atoms with Crippen molar-refractivity contribution in [2.45, 2.75) is 46.6 Å². The van der Waals surface area contributed by atoms with E-state index in [4.69, 9.17) is 0 Å². The van der Waals surface area contributed by atoms with Gasteiger partial charge in [0.1, 0.15) is 11.5 Å². The molecular formula is C17H22N4O2. The predicted molar refractivity (Wildman–Crippen MR) is 87.8 cm³/mol. The van der Waals surface area contributed by atoms with E-state index in [9.17, 15) is 9.59 Å². The number of rotatable bonds is 4. The molecule has 6 heteroatoms. The molecule has 1 aliphatic rings. The molecule has 3 rings (SSSR count). The standard InChI is InChI=1S/C17H22N4O2/c1-10(2)9-21-14(7-8-18-21)20-17(23)16-11(3)15-12(19-16)5-4-6-13(15)22/h7-8,10,19H,4-6,9H2,1-3H3,(H,20,23). The van der Waals surface area contributed by atoms with Gasteiger partial charge in [0, 0.05) is 30.3 Å². The molecule has 0 radical (unpaired) electrons. The number of aromatic amines is 1. The van der Waals surface area contributed by atoms with Gasteiger partial charge in [0.05, 0.1) is 6.20 Å². The summed E-state index contributed by atoms with van der Waals surface area (Å²) in [6.07, 6.45) is 3.90. The van der Waals surface area contributed by atoms with Gasteiger partial charge in [0.2, 0.25) is 0 Å². The molecule has 6 nitrogen and oxygen atoms in total. The number of ketones is 1. The molecule has 23 heavy (non-hydrogen) atoms. The average Bonchev–Trinajstić information content (AvgIpc) is 3.04. The summed E-state index contributed by atoms with van der Waals surface area (Å²) < 4.78 is 1.78. The predicted octanol–water partition coefficient (Wildman–Crippen LogP) is 2.95. The zero-order valence-electron chi connectivity index (χ0n) is 13.8. The van der Waals surface area contributed by atoms with Crippen molar-refractivity contribution >= 4 is 17.5 Å². The first-order valence-corrected chi connectivity index (χ1v) is 8.05. The Kier molecular flexibility index (Phi) is 4.07. The minimum Gasteiger partial charge on any atom is -0.354 e. The molecule has 0 bridgehead atoms. The van der Waals surface area contributed by atoms with Crippen molar-refractivity contribution in [1.29, 1.82) is 0 Å². The maximum absolute atomic E-state index is 12.6. The molecule has 0 spiro atoms. The van der Waals surface area contributed by atoms with E-state index in [1.165, 1.54) is 0 Å². The Labute approximate surface area is 135 Å². The summed E-state index contributed by atoms with van der Waals surface area (Å²) in [5, 5.41) is 7.14. The van der Waals surface area contributed by atoms with E-state index >= 15 is 0 Å². The molecule has 2 N–H and O–H groups in total. The minimum atomic E-state index is -0.227. The van der Waals surface area contributed by atoms with E-state index in [1.807, 2.05) is 6.92 Å². The fourth-order valence-electron chi connectivity index (χ4n) is 3.11. The Bertz CT molecular complexity index is 755. The van der Waals surface area contributed by atoms with Crippen LogP contribution < -0.4 is 5.32 Å². The molecule has 0 fully saturated rings. The third-order valence-corrected chi connectivity index (χ3v) is 4.16. The third kappa shape index (κ3) is 2.93. The second-order valence-corrected chi connectivity index (χ2v) is 6.50. The molecule has 0 saturated heterocycles. The van der Waals surface area contributed by atoms with Crippen LogP contribution in [0.2, 0.25) is 0 Å². The molecular weight excluding hydrogens is 292 g/mol. The summed E-state index contributed by atoms with van der Waals surface area (Å²) in [7, 11) is 0. The Morgan fingerprint density at radius 1 is 1.43 bits per heavy atom. The van der Waals surface area contributed by atoms with Crippen LogP contribution in [0.15, 0.2) is 12.3 Å². The van der Waals surface area contributed by atoms with Gasteiger partial charge in [-0.25, -0.2) is 4.68 Å².